The molecule has 0 spiro atoms. The van der Waals surface area contributed by atoms with Crippen molar-refractivity contribution in [2.75, 3.05) is 0 Å². The fourth-order valence-corrected chi connectivity index (χ4v) is 1.66. The van der Waals surface area contributed by atoms with Crippen molar-refractivity contribution >= 4 is 21.6 Å². The molecule has 1 aromatic heterocycles. The van der Waals surface area contributed by atoms with Crippen molar-refractivity contribution in [2.24, 2.45) is 0 Å². The Labute approximate surface area is 103 Å². The van der Waals surface area contributed by atoms with Crippen LogP contribution in [0.15, 0.2) is 0 Å². The van der Waals surface area contributed by atoms with Gasteiger partial charge in [0.2, 0.25) is 0 Å². The molecule has 0 N–H and O–H groups in total. The molecule has 0 aliphatic heterocycles. The summed E-state index contributed by atoms with van der Waals surface area (Å²) in [5, 5.41) is 14.4. The minimum atomic E-state index is -4.42. The molecule has 0 bridgehead atoms. The minimum Gasteiger partial charge on any atom is -0.261 e. The summed E-state index contributed by atoms with van der Waals surface area (Å²) in [6.45, 7) is 2.26. The Morgan fingerprint density at radius 2 is 2.06 bits per heavy atom. The van der Waals surface area contributed by atoms with E-state index >= 15 is 0 Å². The number of halogens is 4. The maximum Gasteiger partial charge on any atom is 0.403 e. The van der Waals surface area contributed by atoms with Gasteiger partial charge in [0.05, 0.1) is 11.5 Å². The fourth-order valence-electron chi connectivity index (χ4n) is 1.38. The Bertz CT molecular complexity index is 444. The molecule has 1 heterocycles. The Hall–Kier alpha value is -1.12. The lowest BCUT2D eigenvalue weighted by Gasteiger charge is -2.14. The van der Waals surface area contributed by atoms with Crippen LogP contribution in [-0.4, -0.2) is 25.7 Å². The molecule has 0 saturated carbocycles. The van der Waals surface area contributed by atoms with Crippen molar-refractivity contribution in [3.05, 3.63) is 21.5 Å². The zero-order chi connectivity index (χ0) is 13.4. The van der Waals surface area contributed by atoms with Gasteiger partial charge in [0, 0.05) is 0 Å². The van der Waals surface area contributed by atoms with Gasteiger partial charge in [-0.2, -0.15) is 18.3 Å². The van der Waals surface area contributed by atoms with Crippen LogP contribution in [0, 0.1) is 24.0 Å². The van der Waals surface area contributed by atoms with E-state index in [4.69, 9.17) is 0 Å². The summed E-state index contributed by atoms with van der Waals surface area (Å²) in [5.74, 6) is 0. The van der Waals surface area contributed by atoms with Gasteiger partial charge in [0.15, 0.2) is 0 Å². The second-order valence-electron chi connectivity index (χ2n) is 3.47. The molecular formula is C8H9BrF3N3O2. The van der Waals surface area contributed by atoms with Gasteiger partial charge in [-0.3, -0.25) is 14.8 Å². The maximum atomic E-state index is 12.3. The largest absolute Gasteiger partial charge is 0.403 e. The molecule has 96 valence electrons. The van der Waals surface area contributed by atoms with Gasteiger partial charge < -0.3 is 0 Å². The third-order valence-electron chi connectivity index (χ3n) is 2.21. The first-order valence-electron chi connectivity index (χ1n) is 4.53. The lowest BCUT2D eigenvalue weighted by molar-refractivity contribution is -0.386. The molecule has 1 atom stereocenters. The predicted molar refractivity (Wildman–Crippen MR) is 57.1 cm³/mol. The Balaban J connectivity index is 3.02. The van der Waals surface area contributed by atoms with Gasteiger partial charge in [-0.05, 0) is 13.8 Å². The summed E-state index contributed by atoms with van der Waals surface area (Å²) in [6.07, 6.45) is -4.42. The number of alkyl halides is 4. The molecule has 5 nitrogen and oxygen atoms in total. The summed E-state index contributed by atoms with van der Waals surface area (Å²) in [5.41, 5.74) is -0.0255. The van der Waals surface area contributed by atoms with Gasteiger partial charge >= 0.3 is 11.9 Å². The highest BCUT2D eigenvalue weighted by atomic mass is 79.9. The van der Waals surface area contributed by atoms with Gasteiger partial charge in [-0.1, -0.05) is 15.9 Å². The van der Waals surface area contributed by atoms with Crippen LogP contribution in [0.4, 0.5) is 18.9 Å². The first-order valence-corrected chi connectivity index (χ1v) is 5.45. The first-order chi connectivity index (χ1) is 7.64. The van der Waals surface area contributed by atoms with Crippen LogP contribution < -0.4 is 0 Å². The second kappa shape index (κ2) is 4.63. The number of nitrogens with zero attached hydrogens (tertiary/aromatic N) is 3. The van der Waals surface area contributed by atoms with Crippen LogP contribution in [0.1, 0.15) is 11.4 Å². The normalized spacial score (nSPS) is 13.8. The quantitative estimate of drug-likeness (QED) is 0.489. The molecule has 9 heteroatoms. The molecule has 0 amide bonds. The molecule has 17 heavy (non-hydrogen) atoms. The predicted octanol–water partition coefficient (Wildman–Crippen LogP) is 2.73. The van der Waals surface area contributed by atoms with Crippen molar-refractivity contribution in [2.45, 2.75) is 31.4 Å². The molecule has 0 aromatic carbocycles. The van der Waals surface area contributed by atoms with Crippen molar-refractivity contribution in [1.29, 1.82) is 0 Å². The van der Waals surface area contributed by atoms with Crippen molar-refractivity contribution in [1.82, 2.24) is 9.78 Å². The van der Waals surface area contributed by atoms with Crippen LogP contribution in [0.3, 0.4) is 0 Å². The van der Waals surface area contributed by atoms with E-state index in [1.807, 2.05) is 0 Å². The van der Waals surface area contributed by atoms with Gasteiger partial charge in [-0.15, -0.1) is 0 Å². The molecule has 0 saturated heterocycles. The monoisotopic (exact) mass is 315 g/mol. The van der Waals surface area contributed by atoms with E-state index < -0.39 is 22.5 Å². The number of hydrogen-bond donors (Lipinski definition) is 0. The zero-order valence-corrected chi connectivity index (χ0v) is 10.5. The van der Waals surface area contributed by atoms with Crippen LogP contribution in [-0.2, 0) is 6.54 Å². The number of hydrogen-bond acceptors (Lipinski definition) is 3. The Kier molecular flexibility index (Phi) is 3.80. The second-order valence-corrected chi connectivity index (χ2v) is 4.57. The molecule has 1 aromatic rings. The van der Waals surface area contributed by atoms with Gasteiger partial charge in [-0.25, -0.2) is 0 Å². The smallest absolute Gasteiger partial charge is 0.261 e. The topological polar surface area (TPSA) is 61.0 Å². The molecule has 1 unspecified atom stereocenters. The molecule has 0 aliphatic carbocycles. The highest BCUT2D eigenvalue weighted by Crippen LogP contribution is 2.29. The van der Waals surface area contributed by atoms with E-state index in [1.54, 1.807) is 0 Å². The molecule has 1 rings (SSSR count). The third kappa shape index (κ3) is 2.96. The Morgan fingerprint density at radius 1 is 1.53 bits per heavy atom. The maximum absolute atomic E-state index is 12.3. The van der Waals surface area contributed by atoms with Crippen molar-refractivity contribution < 1.29 is 18.1 Å². The molecular weight excluding hydrogens is 307 g/mol. The Morgan fingerprint density at radius 3 is 2.41 bits per heavy atom. The summed E-state index contributed by atoms with van der Waals surface area (Å²) >= 11 is 2.48. The van der Waals surface area contributed by atoms with E-state index in [0.717, 1.165) is 4.68 Å². The number of rotatable bonds is 3. The van der Waals surface area contributed by atoms with E-state index in [2.05, 4.69) is 21.0 Å². The number of aryl methyl sites for hydroxylation is 1. The number of aromatic nitrogens is 2. The minimum absolute atomic E-state index is 0.106. The van der Waals surface area contributed by atoms with Gasteiger partial charge in [0.1, 0.15) is 16.2 Å². The zero-order valence-electron chi connectivity index (χ0n) is 8.95. The lowest BCUT2D eigenvalue weighted by Crippen LogP contribution is -2.28. The summed E-state index contributed by atoms with van der Waals surface area (Å²) < 4.78 is 37.9. The highest BCUT2D eigenvalue weighted by Gasteiger charge is 2.39. The van der Waals surface area contributed by atoms with Crippen LogP contribution in [0.2, 0.25) is 0 Å². The molecule has 0 aliphatic rings. The average Bonchev–Trinajstić information content (AvgIpc) is 2.40. The van der Waals surface area contributed by atoms with Crippen molar-refractivity contribution in [3.8, 4) is 0 Å². The molecule has 0 radical (unpaired) electrons. The van der Waals surface area contributed by atoms with E-state index in [9.17, 15) is 23.3 Å². The van der Waals surface area contributed by atoms with Crippen LogP contribution in [0.5, 0.6) is 0 Å². The number of nitro groups is 1. The van der Waals surface area contributed by atoms with E-state index in [-0.39, 0.29) is 17.1 Å². The SMILES string of the molecule is Cc1nn(CC(Br)C(F)(F)F)c(C)c1[N+](=O)[O-]. The standard InChI is InChI=1S/C8H9BrF3N3O2/c1-4-7(15(16)17)5(2)14(13-4)3-6(9)8(10,11)12/h6H,3H2,1-2H3. The summed E-state index contributed by atoms with van der Waals surface area (Å²) in [6, 6.07) is 0. The average molecular weight is 316 g/mol. The van der Waals surface area contributed by atoms with Crippen LogP contribution >= 0.6 is 15.9 Å². The van der Waals surface area contributed by atoms with Crippen molar-refractivity contribution in [3.63, 3.8) is 0 Å². The lowest BCUT2D eigenvalue weighted by atomic mass is 10.3. The van der Waals surface area contributed by atoms with Gasteiger partial charge in [0.25, 0.3) is 0 Å². The summed E-state index contributed by atoms with van der Waals surface area (Å²) in [7, 11) is 0. The summed E-state index contributed by atoms with van der Waals surface area (Å²) in [4.78, 5) is 8.22. The third-order valence-corrected chi connectivity index (χ3v) is 3.02. The van der Waals surface area contributed by atoms with Crippen LogP contribution in [0.25, 0.3) is 0 Å². The highest BCUT2D eigenvalue weighted by molar-refractivity contribution is 9.09. The first kappa shape index (κ1) is 13.9. The van der Waals surface area contributed by atoms with E-state index in [0.29, 0.717) is 0 Å². The fraction of sp³-hybridized carbons (Fsp3) is 0.625. The molecule has 0 fully saturated rings. The van der Waals surface area contributed by atoms with E-state index in [1.165, 1.54) is 13.8 Å².